The largest absolute Gasteiger partial charge is 0.444 e. The lowest BCUT2D eigenvalue weighted by Crippen LogP contribution is -2.33. The van der Waals surface area contributed by atoms with Crippen molar-refractivity contribution in [2.75, 3.05) is 13.6 Å². The zero-order chi connectivity index (χ0) is 19.6. The Morgan fingerprint density at radius 2 is 1.67 bits per heavy atom. The van der Waals surface area contributed by atoms with Crippen LogP contribution in [0.3, 0.4) is 0 Å². The smallest absolute Gasteiger partial charge is 0.408 e. The van der Waals surface area contributed by atoms with E-state index in [0.29, 0.717) is 6.29 Å². The molecule has 0 spiro atoms. The van der Waals surface area contributed by atoms with Crippen LogP contribution in [0.2, 0.25) is 0 Å². The van der Waals surface area contributed by atoms with Gasteiger partial charge in [-0.05, 0) is 41.2 Å². The Morgan fingerprint density at radius 3 is 1.96 bits per heavy atom. The highest BCUT2D eigenvalue weighted by atomic mass is 16.6. The van der Waals surface area contributed by atoms with Gasteiger partial charge in [-0.2, -0.15) is 0 Å². The van der Waals surface area contributed by atoms with Crippen molar-refractivity contribution in [1.29, 1.82) is 0 Å². The van der Waals surface area contributed by atoms with Gasteiger partial charge < -0.3 is 20.2 Å². The first-order valence-corrected chi connectivity index (χ1v) is 8.67. The molecule has 0 heterocycles. The SMILES string of the molecule is CC(C)(C)OC(=O)NCC=O.CCC.CCCC[C@H](NC)C(C)=O. The van der Waals surface area contributed by atoms with Crippen LogP contribution in [0, 0.1) is 0 Å². The van der Waals surface area contributed by atoms with Crippen LogP contribution in [0.15, 0.2) is 0 Å². The fourth-order valence-electron chi connectivity index (χ4n) is 1.40. The van der Waals surface area contributed by atoms with Crippen molar-refractivity contribution in [2.24, 2.45) is 0 Å². The highest BCUT2D eigenvalue weighted by molar-refractivity contribution is 5.81. The molecule has 0 aromatic rings. The summed E-state index contributed by atoms with van der Waals surface area (Å²) in [5.41, 5.74) is -0.507. The molecule has 0 radical (unpaired) electrons. The van der Waals surface area contributed by atoms with Crippen molar-refractivity contribution in [1.82, 2.24) is 10.6 Å². The highest BCUT2D eigenvalue weighted by Crippen LogP contribution is 2.05. The lowest BCUT2D eigenvalue weighted by Gasteiger charge is -2.18. The number of carbonyl (C=O) groups is 3. The van der Waals surface area contributed by atoms with Crippen molar-refractivity contribution in [3.8, 4) is 0 Å². The number of ether oxygens (including phenoxy) is 1. The Hall–Kier alpha value is -1.43. The van der Waals surface area contributed by atoms with Gasteiger partial charge in [-0.15, -0.1) is 0 Å². The molecule has 0 aliphatic rings. The Bertz CT molecular complexity index is 325. The van der Waals surface area contributed by atoms with E-state index in [0.717, 1.165) is 19.3 Å². The second kappa shape index (κ2) is 17.9. The van der Waals surface area contributed by atoms with E-state index in [1.54, 1.807) is 27.7 Å². The van der Waals surface area contributed by atoms with E-state index >= 15 is 0 Å². The van der Waals surface area contributed by atoms with E-state index in [1.807, 2.05) is 7.05 Å². The lowest BCUT2D eigenvalue weighted by atomic mass is 10.1. The Morgan fingerprint density at radius 1 is 1.17 bits per heavy atom. The number of nitrogens with one attached hydrogen (secondary N) is 2. The van der Waals surface area contributed by atoms with Crippen molar-refractivity contribution >= 4 is 18.2 Å². The molecular formula is C18H38N2O4. The molecule has 0 fully saturated rings. The molecule has 0 rings (SSSR count). The van der Waals surface area contributed by atoms with Gasteiger partial charge in [0.2, 0.25) is 0 Å². The summed E-state index contributed by atoms with van der Waals surface area (Å²) >= 11 is 0. The molecule has 1 atom stereocenters. The third-order valence-electron chi connectivity index (χ3n) is 2.41. The van der Waals surface area contributed by atoms with Gasteiger partial charge in [-0.25, -0.2) is 4.79 Å². The normalized spacial score (nSPS) is 11.0. The van der Waals surface area contributed by atoms with E-state index in [4.69, 9.17) is 4.74 Å². The van der Waals surface area contributed by atoms with Crippen LogP contribution in [-0.2, 0) is 14.3 Å². The minimum atomic E-state index is -0.565. The maximum atomic E-state index is 10.8. The number of unbranched alkanes of at least 4 members (excludes halogenated alkanes) is 1. The number of aldehydes is 1. The van der Waals surface area contributed by atoms with Gasteiger partial charge in [-0.3, -0.25) is 4.79 Å². The third-order valence-corrected chi connectivity index (χ3v) is 2.41. The van der Waals surface area contributed by atoms with Gasteiger partial charge in [0.1, 0.15) is 17.7 Å². The van der Waals surface area contributed by atoms with Gasteiger partial charge >= 0.3 is 6.09 Å². The van der Waals surface area contributed by atoms with E-state index in [1.165, 1.54) is 6.42 Å². The predicted molar refractivity (Wildman–Crippen MR) is 99.3 cm³/mol. The molecule has 6 nitrogen and oxygen atoms in total. The summed E-state index contributed by atoms with van der Waals surface area (Å²) < 4.78 is 4.83. The summed E-state index contributed by atoms with van der Waals surface area (Å²) in [4.78, 5) is 31.3. The topological polar surface area (TPSA) is 84.5 Å². The molecule has 144 valence electrons. The summed E-state index contributed by atoms with van der Waals surface area (Å²) in [6.45, 7) is 13.3. The summed E-state index contributed by atoms with van der Waals surface area (Å²) in [6, 6.07) is 0.0833. The predicted octanol–water partition coefficient (Wildman–Crippen LogP) is 3.48. The molecule has 2 N–H and O–H groups in total. The maximum absolute atomic E-state index is 10.8. The molecule has 0 unspecified atom stereocenters. The summed E-state index contributed by atoms with van der Waals surface area (Å²) in [5, 5.41) is 5.25. The second-order valence-electron chi connectivity index (χ2n) is 6.35. The van der Waals surface area contributed by atoms with Crippen LogP contribution in [-0.4, -0.2) is 43.4 Å². The van der Waals surface area contributed by atoms with E-state index in [9.17, 15) is 14.4 Å². The molecule has 0 aromatic carbocycles. The first-order valence-electron chi connectivity index (χ1n) is 8.67. The van der Waals surface area contributed by atoms with E-state index in [-0.39, 0.29) is 18.4 Å². The zero-order valence-electron chi connectivity index (χ0n) is 16.8. The van der Waals surface area contributed by atoms with Crippen LogP contribution < -0.4 is 10.6 Å². The molecule has 0 aliphatic carbocycles. The van der Waals surface area contributed by atoms with E-state index < -0.39 is 11.7 Å². The lowest BCUT2D eigenvalue weighted by molar-refractivity contribution is -0.119. The van der Waals surface area contributed by atoms with Crippen molar-refractivity contribution < 1.29 is 19.1 Å². The molecule has 0 aliphatic heterocycles. The summed E-state index contributed by atoms with van der Waals surface area (Å²) in [6.07, 6.45) is 4.55. The number of hydrogen-bond donors (Lipinski definition) is 2. The number of carbonyl (C=O) groups excluding carboxylic acids is 3. The van der Waals surface area contributed by atoms with Gasteiger partial charge in [0.05, 0.1) is 12.6 Å². The van der Waals surface area contributed by atoms with Gasteiger partial charge in [0.15, 0.2) is 0 Å². The fourth-order valence-corrected chi connectivity index (χ4v) is 1.40. The Balaban J connectivity index is -0.000000317. The average Bonchev–Trinajstić information content (AvgIpc) is 2.45. The summed E-state index contributed by atoms with van der Waals surface area (Å²) in [5.74, 6) is 0.246. The standard InChI is InChI=1S/C8H17NO.C7H13NO3.C3H8/c1-4-5-6-8(9-3)7(2)10;1-7(2,3)11-6(10)8-4-5-9;1-3-2/h8-9H,4-6H2,1-3H3;5H,4H2,1-3H3,(H,8,10);3H2,1-2H3/t8-;;/m0../s1. The number of alkyl carbamates (subject to hydrolysis) is 1. The molecular weight excluding hydrogens is 308 g/mol. The summed E-state index contributed by atoms with van der Waals surface area (Å²) in [7, 11) is 1.84. The molecule has 24 heavy (non-hydrogen) atoms. The minimum Gasteiger partial charge on any atom is -0.444 e. The first-order chi connectivity index (χ1) is 11.1. The fraction of sp³-hybridized carbons (Fsp3) is 0.833. The molecule has 6 heteroatoms. The number of ketones is 1. The Labute approximate surface area is 148 Å². The third kappa shape index (κ3) is 25.5. The molecule has 0 aromatic heterocycles. The number of likely N-dealkylation sites (N-methyl/N-ethyl adjacent to an activating group) is 1. The van der Waals surface area contributed by atoms with Crippen LogP contribution in [0.25, 0.3) is 0 Å². The zero-order valence-corrected chi connectivity index (χ0v) is 16.8. The molecule has 1 amide bonds. The van der Waals surface area contributed by atoms with Crippen molar-refractivity contribution in [3.05, 3.63) is 0 Å². The molecule has 0 bridgehead atoms. The molecule has 0 saturated carbocycles. The highest BCUT2D eigenvalue weighted by Gasteiger charge is 2.15. The monoisotopic (exact) mass is 346 g/mol. The van der Waals surface area contributed by atoms with Gasteiger partial charge in [-0.1, -0.05) is 40.0 Å². The second-order valence-corrected chi connectivity index (χ2v) is 6.35. The van der Waals surface area contributed by atoms with Crippen molar-refractivity contribution in [2.45, 2.75) is 85.8 Å². The number of rotatable bonds is 7. The van der Waals surface area contributed by atoms with Gasteiger partial charge in [0.25, 0.3) is 0 Å². The van der Waals surface area contributed by atoms with Crippen LogP contribution in [0.1, 0.15) is 74.1 Å². The minimum absolute atomic E-state index is 0.00505. The number of hydrogen-bond acceptors (Lipinski definition) is 5. The maximum Gasteiger partial charge on any atom is 0.408 e. The number of Topliss-reactive ketones (excluding diaryl/α,β-unsaturated/α-hetero) is 1. The average molecular weight is 347 g/mol. The number of amides is 1. The van der Waals surface area contributed by atoms with Crippen LogP contribution >= 0.6 is 0 Å². The van der Waals surface area contributed by atoms with Crippen LogP contribution in [0.4, 0.5) is 4.79 Å². The van der Waals surface area contributed by atoms with Crippen LogP contribution in [0.5, 0.6) is 0 Å². The van der Waals surface area contributed by atoms with Crippen molar-refractivity contribution in [3.63, 3.8) is 0 Å². The first kappa shape index (κ1) is 27.4. The van der Waals surface area contributed by atoms with E-state index in [2.05, 4.69) is 31.4 Å². The van der Waals surface area contributed by atoms with Gasteiger partial charge in [0, 0.05) is 0 Å². The Kier molecular flexibility index (Phi) is 20.5. The molecule has 0 saturated heterocycles. The quantitative estimate of drug-likeness (QED) is 0.689.